The molecule has 0 fully saturated rings. The lowest BCUT2D eigenvalue weighted by Crippen LogP contribution is -2.27. The van der Waals surface area contributed by atoms with Crippen LogP contribution in [0.1, 0.15) is 31.9 Å². The number of ketones is 1. The minimum atomic E-state index is -0.639. The second-order valence-electron chi connectivity index (χ2n) is 7.44. The molecule has 0 aliphatic carbocycles. The Morgan fingerprint density at radius 3 is 2.55 bits per heavy atom. The van der Waals surface area contributed by atoms with Crippen LogP contribution >= 0.6 is 22.9 Å². The lowest BCUT2D eigenvalue weighted by Gasteiger charge is -2.15. The van der Waals surface area contributed by atoms with Crippen molar-refractivity contribution in [2.45, 2.75) is 19.9 Å². The second-order valence-corrected chi connectivity index (χ2v) is 8.87. The predicted molar refractivity (Wildman–Crippen MR) is 129 cm³/mol. The number of hydrogen-bond donors (Lipinski definition) is 1. The molecule has 4 rings (SSSR count). The van der Waals surface area contributed by atoms with Gasteiger partial charge in [-0.05, 0) is 42.7 Å². The molecule has 4 aromatic rings. The number of carbonyl (C=O) groups excluding carboxylic acids is 1. The fraction of sp³-hybridized carbons (Fsp3) is 0.160. The molecule has 2 aromatic heterocycles. The number of hydrogen-bond acceptors (Lipinski definition) is 6. The minimum absolute atomic E-state index is 0.0886. The summed E-state index contributed by atoms with van der Waals surface area (Å²) in [4.78, 5) is 26.6. The highest BCUT2D eigenvalue weighted by molar-refractivity contribution is 7.21. The summed E-state index contributed by atoms with van der Waals surface area (Å²) >= 11 is 7.69. The van der Waals surface area contributed by atoms with Gasteiger partial charge in [-0.3, -0.25) is 14.2 Å². The molecule has 2 heterocycles. The molecule has 0 atom stereocenters. The van der Waals surface area contributed by atoms with Gasteiger partial charge in [0, 0.05) is 16.6 Å². The molecule has 8 heteroatoms. The van der Waals surface area contributed by atoms with Crippen molar-refractivity contribution in [1.29, 1.82) is 5.26 Å². The average molecular weight is 479 g/mol. The normalized spacial score (nSPS) is 10.8. The topological polar surface area (TPSA) is 92.3 Å². The van der Waals surface area contributed by atoms with E-state index < -0.39 is 17.2 Å². The van der Waals surface area contributed by atoms with E-state index in [0.717, 1.165) is 20.2 Å². The molecule has 0 aliphatic rings. The number of aromatic hydroxyl groups is 1. The van der Waals surface area contributed by atoms with Crippen LogP contribution in [0.4, 0.5) is 0 Å². The van der Waals surface area contributed by atoms with E-state index in [-0.39, 0.29) is 33.1 Å². The van der Waals surface area contributed by atoms with Gasteiger partial charge in [0.05, 0.1) is 22.6 Å². The van der Waals surface area contributed by atoms with Gasteiger partial charge in [0.1, 0.15) is 17.4 Å². The van der Waals surface area contributed by atoms with Gasteiger partial charge in [-0.15, -0.1) is 11.3 Å². The molecule has 0 unspecified atom stereocenters. The highest BCUT2D eigenvalue weighted by Crippen LogP contribution is 2.38. The number of carbonyl (C=O) groups is 1. The Labute approximate surface area is 198 Å². The van der Waals surface area contributed by atoms with Crippen molar-refractivity contribution in [2.24, 2.45) is 0 Å². The molecule has 0 bridgehead atoms. The van der Waals surface area contributed by atoms with Gasteiger partial charge in [-0.2, -0.15) is 5.26 Å². The van der Waals surface area contributed by atoms with Crippen molar-refractivity contribution in [3.8, 4) is 17.7 Å². The number of benzene rings is 2. The van der Waals surface area contributed by atoms with Gasteiger partial charge in [0.25, 0.3) is 5.56 Å². The first kappa shape index (κ1) is 22.6. The summed E-state index contributed by atoms with van der Waals surface area (Å²) in [5, 5.41) is 21.6. The number of aromatic nitrogens is 1. The van der Waals surface area contributed by atoms with E-state index in [9.17, 15) is 20.0 Å². The molecule has 166 valence electrons. The smallest absolute Gasteiger partial charge is 0.271 e. The first-order chi connectivity index (χ1) is 15.9. The van der Waals surface area contributed by atoms with Crippen LogP contribution in [0, 0.1) is 18.3 Å². The van der Waals surface area contributed by atoms with Crippen LogP contribution in [0.15, 0.2) is 53.3 Å². The minimum Gasteiger partial charge on any atom is -0.497 e. The van der Waals surface area contributed by atoms with Crippen molar-refractivity contribution in [3.05, 3.63) is 91.0 Å². The molecule has 0 aliphatic heterocycles. The fourth-order valence-corrected chi connectivity index (χ4v) is 5.20. The third kappa shape index (κ3) is 3.99. The number of ether oxygens (including phenoxy) is 1. The molecule has 0 saturated carbocycles. The van der Waals surface area contributed by atoms with Gasteiger partial charge in [-0.1, -0.05) is 41.9 Å². The highest BCUT2D eigenvalue weighted by atomic mass is 35.5. The zero-order chi connectivity index (χ0) is 23.7. The largest absolute Gasteiger partial charge is 0.497 e. The third-order valence-corrected chi connectivity index (χ3v) is 7.23. The Morgan fingerprint density at radius 2 is 1.91 bits per heavy atom. The van der Waals surface area contributed by atoms with Gasteiger partial charge in [-0.25, -0.2) is 0 Å². The molecule has 0 amide bonds. The zero-order valence-electron chi connectivity index (χ0n) is 17.9. The van der Waals surface area contributed by atoms with E-state index in [1.54, 1.807) is 19.2 Å². The summed E-state index contributed by atoms with van der Waals surface area (Å²) < 4.78 is 7.05. The van der Waals surface area contributed by atoms with E-state index in [1.165, 1.54) is 18.3 Å². The summed E-state index contributed by atoms with van der Waals surface area (Å²) in [6.07, 6.45) is 0.405. The lowest BCUT2D eigenvalue weighted by atomic mass is 10.0. The van der Waals surface area contributed by atoms with Gasteiger partial charge < -0.3 is 9.84 Å². The quantitative estimate of drug-likeness (QED) is 0.390. The summed E-state index contributed by atoms with van der Waals surface area (Å²) in [6.45, 7) is 1.58. The van der Waals surface area contributed by atoms with Crippen molar-refractivity contribution in [2.75, 3.05) is 7.11 Å². The Hall–Kier alpha value is -3.60. The first-order valence-electron chi connectivity index (χ1n) is 10.1. The molecule has 0 saturated heterocycles. The van der Waals surface area contributed by atoms with Crippen molar-refractivity contribution in [3.63, 3.8) is 0 Å². The van der Waals surface area contributed by atoms with E-state index in [0.29, 0.717) is 12.2 Å². The molecule has 0 radical (unpaired) electrons. The monoisotopic (exact) mass is 478 g/mol. The van der Waals surface area contributed by atoms with Gasteiger partial charge in [0.15, 0.2) is 0 Å². The Balaban J connectivity index is 1.79. The van der Waals surface area contributed by atoms with E-state index in [4.69, 9.17) is 16.3 Å². The molecule has 6 nitrogen and oxygen atoms in total. The number of nitriles is 1. The Kier molecular flexibility index (Phi) is 6.23. The number of nitrogens with zero attached hydrogens (tertiary/aromatic N) is 2. The Morgan fingerprint density at radius 1 is 1.21 bits per heavy atom. The number of methoxy groups -OCH3 is 1. The first-order valence-corrected chi connectivity index (χ1v) is 11.3. The van der Waals surface area contributed by atoms with Gasteiger partial charge in [0.2, 0.25) is 11.7 Å². The number of fused-ring (bicyclic) bond motifs is 1. The van der Waals surface area contributed by atoms with Crippen LogP contribution in [0.25, 0.3) is 10.1 Å². The summed E-state index contributed by atoms with van der Waals surface area (Å²) in [6, 6.07) is 16.5. The number of halogens is 1. The molecular formula is C25H19ClN2O4S. The number of rotatable bonds is 6. The Bertz CT molecular complexity index is 1480. The maximum atomic E-state index is 13.5. The van der Waals surface area contributed by atoms with Crippen LogP contribution in [0.2, 0.25) is 5.02 Å². The third-order valence-electron chi connectivity index (χ3n) is 5.55. The van der Waals surface area contributed by atoms with Crippen LogP contribution in [0.3, 0.4) is 0 Å². The highest BCUT2D eigenvalue weighted by Gasteiger charge is 2.28. The molecule has 2 aromatic carbocycles. The number of pyridine rings is 1. The lowest BCUT2D eigenvalue weighted by molar-refractivity contribution is 0.103. The molecule has 0 spiro atoms. The predicted octanol–water partition coefficient (Wildman–Crippen LogP) is 5.08. The maximum Gasteiger partial charge on any atom is 0.271 e. The number of thiophene rings is 1. The average Bonchev–Trinajstić information content (AvgIpc) is 3.16. The molecule has 33 heavy (non-hydrogen) atoms. The molecular weight excluding hydrogens is 460 g/mol. The van der Waals surface area contributed by atoms with Gasteiger partial charge >= 0.3 is 0 Å². The zero-order valence-corrected chi connectivity index (χ0v) is 19.5. The fourth-order valence-electron chi connectivity index (χ4n) is 3.74. The SMILES string of the molecule is COc1ccc(CCn2c(O)c(C(=O)c3sc4ccccc4c3Cl)c(C)c(C#N)c2=O)cc1. The van der Waals surface area contributed by atoms with Crippen molar-refractivity contribution in [1.82, 2.24) is 4.57 Å². The van der Waals surface area contributed by atoms with Crippen LogP contribution in [-0.4, -0.2) is 22.6 Å². The van der Waals surface area contributed by atoms with Crippen molar-refractivity contribution < 1.29 is 14.6 Å². The van der Waals surface area contributed by atoms with E-state index in [2.05, 4.69) is 0 Å². The number of aryl methyl sites for hydroxylation is 1. The van der Waals surface area contributed by atoms with Crippen LogP contribution in [-0.2, 0) is 13.0 Å². The summed E-state index contributed by atoms with van der Waals surface area (Å²) in [5.74, 6) is -0.289. The van der Waals surface area contributed by atoms with Crippen LogP contribution in [0.5, 0.6) is 11.6 Å². The standard InChI is InChI=1S/C25H19ClN2O4S/c1-14-18(13-27)24(30)28(12-11-15-7-9-16(32-2)10-8-15)25(31)20(14)22(29)23-21(26)17-5-3-4-6-19(17)33-23/h3-10,31H,11-12H2,1-2H3. The van der Waals surface area contributed by atoms with E-state index >= 15 is 0 Å². The van der Waals surface area contributed by atoms with Crippen LogP contribution < -0.4 is 10.3 Å². The molecule has 1 N–H and O–H groups in total. The van der Waals surface area contributed by atoms with E-state index in [1.807, 2.05) is 42.5 Å². The summed E-state index contributed by atoms with van der Waals surface area (Å²) in [5.41, 5.74) is 0.137. The maximum absolute atomic E-state index is 13.5. The van der Waals surface area contributed by atoms with Crippen molar-refractivity contribution >= 4 is 38.8 Å². The summed E-state index contributed by atoms with van der Waals surface area (Å²) in [7, 11) is 1.57. The second kappa shape index (κ2) is 9.10.